The van der Waals surface area contributed by atoms with Gasteiger partial charge in [-0.15, -0.1) is 0 Å². The Morgan fingerprint density at radius 2 is 2.05 bits per heavy atom. The molecule has 2 aromatic carbocycles. The third kappa shape index (κ3) is 3.74. The average molecular weight is 308 g/mol. The molecule has 0 heterocycles. The van der Waals surface area contributed by atoms with Gasteiger partial charge in [0.2, 0.25) is 0 Å². The summed E-state index contributed by atoms with van der Waals surface area (Å²) in [4.78, 5) is 0. The maximum absolute atomic E-state index is 13.4. The molecule has 0 bridgehead atoms. The van der Waals surface area contributed by atoms with E-state index in [-0.39, 0.29) is 17.7 Å². The second-order valence-corrected chi connectivity index (χ2v) is 5.41. The van der Waals surface area contributed by atoms with E-state index < -0.39 is 5.82 Å². The van der Waals surface area contributed by atoms with Crippen LogP contribution in [-0.2, 0) is 6.61 Å². The molecule has 0 aliphatic rings. The normalized spacial score (nSPS) is 12.2. The third-order valence-corrected chi connectivity index (χ3v) is 3.97. The van der Waals surface area contributed by atoms with Crippen LogP contribution in [0.25, 0.3) is 0 Å². The average Bonchev–Trinajstić information content (AvgIpc) is 2.49. The number of nitrogens with one attached hydrogen (secondary N) is 1. The van der Waals surface area contributed by atoms with Crippen LogP contribution < -0.4 is 10.1 Å². The Hall–Kier alpha value is -1.58. The Bertz CT molecular complexity index is 630. The number of hydrogen-bond donors (Lipinski definition) is 1. The van der Waals surface area contributed by atoms with Crippen molar-refractivity contribution in [3.63, 3.8) is 0 Å². The van der Waals surface area contributed by atoms with Gasteiger partial charge in [0.15, 0.2) is 0 Å². The number of halogens is 2. The van der Waals surface area contributed by atoms with Crippen molar-refractivity contribution in [2.24, 2.45) is 0 Å². The van der Waals surface area contributed by atoms with Crippen molar-refractivity contribution in [2.75, 3.05) is 7.05 Å². The van der Waals surface area contributed by atoms with Gasteiger partial charge in [-0.25, -0.2) is 4.39 Å². The van der Waals surface area contributed by atoms with E-state index in [2.05, 4.69) is 18.3 Å². The molecule has 1 unspecified atom stereocenters. The molecule has 112 valence electrons. The van der Waals surface area contributed by atoms with Crippen LogP contribution in [0.4, 0.5) is 4.39 Å². The van der Waals surface area contributed by atoms with Gasteiger partial charge in [-0.3, -0.25) is 0 Å². The molecule has 1 atom stereocenters. The smallest absolute Gasteiger partial charge is 0.142 e. The Morgan fingerprint density at radius 3 is 2.71 bits per heavy atom. The summed E-state index contributed by atoms with van der Waals surface area (Å²) in [7, 11) is 1.93. The number of benzene rings is 2. The van der Waals surface area contributed by atoms with Gasteiger partial charge in [-0.05, 0) is 44.2 Å². The van der Waals surface area contributed by atoms with E-state index >= 15 is 0 Å². The molecule has 0 saturated carbocycles. The zero-order chi connectivity index (χ0) is 15.4. The largest absolute Gasteiger partial charge is 0.489 e. The molecule has 4 heteroatoms. The fourth-order valence-electron chi connectivity index (χ4n) is 2.09. The van der Waals surface area contributed by atoms with Gasteiger partial charge in [0.25, 0.3) is 0 Å². The van der Waals surface area contributed by atoms with E-state index in [9.17, 15) is 4.39 Å². The third-order valence-electron chi connectivity index (χ3n) is 3.55. The van der Waals surface area contributed by atoms with Crippen molar-refractivity contribution in [2.45, 2.75) is 26.5 Å². The van der Waals surface area contributed by atoms with Crippen molar-refractivity contribution in [1.29, 1.82) is 0 Å². The van der Waals surface area contributed by atoms with Gasteiger partial charge in [-0.1, -0.05) is 35.9 Å². The van der Waals surface area contributed by atoms with E-state index in [1.165, 1.54) is 11.6 Å². The Balaban J connectivity index is 2.12. The first-order valence-electron chi connectivity index (χ1n) is 6.86. The zero-order valence-electron chi connectivity index (χ0n) is 12.4. The molecule has 0 amide bonds. The van der Waals surface area contributed by atoms with Crippen LogP contribution in [0.2, 0.25) is 5.02 Å². The summed E-state index contributed by atoms with van der Waals surface area (Å²) in [6, 6.07) is 11.1. The summed E-state index contributed by atoms with van der Waals surface area (Å²) < 4.78 is 19.1. The van der Waals surface area contributed by atoms with Crippen LogP contribution >= 0.6 is 11.6 Å². The number of ether oxygens (including phenoxy) is 1. The molecule has 0 fully saturated rings. The lowest BCUT2D eigenvalue weighted by Gasteiger charge is -2.15. The topological polar surface area (TPSA) is 21.3 Å². The Labute approximate surface area is 129 Å². The summed E-state index contributed by atoms with van der Waals surface area (Å²) in [6.45, 7) is 4.34. The molecule has 1 N–H and O–H groups in total. The molecule has 0 aliphatic carbocycles. The molecule has 0 saturated heterocycles. The molecule has 2 rings (SSSR count). The molecule has 2 aromatic rings. The van der Waals surface area contributed by atoms with E-state index in [0.29, 0.717) is 5.56 Å². The number of hydrogen-bond acceptors (Lipinski definition) is 2. The van der Waals surface area contributed by atoms with Crippen molar-refractivity contribution >= 4 is 11.6 Å². The summed E-state index contributed by atoms with van der Waals surface area (Å²) in [5, 5.41) is 3.32. The zero-order valence-corrected chi connectivity index (χ0v) is 13.2. The van der Waals surface area contributed by atoms with E-state index in [1.807, 2.05) is 26.1 Å². The first-order valence-corrected chi connectivity index (χ1v) is 7.24. The molecule has 0 spiro atoms. The van der Waals surface area contributed by atoms with Gasteiger partial charge in [0.05, 0.1) is 5.02 Å². The fraction of sp³-hybridized carbons (Fsp3) is 0.294. The molecular weight excluding hydrogens is 289 g/mol. The van der Waals surface area contributed by atoms with Gasteiger partial charge in [0.1, 0.15) is 18.2 Å². The monoisotopic (exact) mass is 307 g/mol. The number of rotatable bonds is 5. The van der Waals surface area contributed by atoms with Crippen LogP contribution in [0.3, 0.4) is 0 Å². The lowest BCUT2D eigenvalue weighted by atomic mass is 10.1. The van der Waals surface area contributed by atoms with Gasteiger partial charge >= 0.3 is 0 Å². The Kier molecular flexibility index (Phi) is 5.21. The van der Waals surface area contributed by atoms with Crippen LogP contribution in [0.5, 0.6) is 5.75 Å². The van der Waals surface area contributed by atoms with E-state index in [1.54, 1.807) is 12.1 Å². The summed E-state index contributed by atoms with van der Waals surface area (Å²) >= 11 is 5.92. The minimum atomic E-state index is -0.423. The quantitative estimate of drug-likeness (QED) is 0.868. The van der Waals surface area contributed by atoms with Crippen molar-refractivity contribution < 1.29 is 9.13 Å². The molecule has 0 radical (unpaired) electrons. The lowest BCUT2D eigenvalue weighted by molar-refractivity contribution is 0.303. The highest BCUT2D eigenvalue weighted by Crippen LogP contribution is 2.25. The highest BCUT2D eigenvalue weighted by atomic mass is 35.5. The van der Waals surface area contributed by atoms with Crippen LogP contribution in [0.15, 0.2) is 36.4 Å². The maximum Gasteiger partial charge on any atom is 0.142 e. The molecule has 2 nitrogen and oxygen atoms in total. The van der Waals surface area contributed by atoms with Crippen molar-refractivity contribution in [1.82, 2.24) is 5.32 Å². The highest BCUT2D eigenvalue weighted by molar-refractivity contribution is 6.31. The minimum absolute atomic E-state index is 0.121. The summed E-state index contributed by atoms with van der Waals surface area (Å²) in [5.41, 5.74) is 2.89. The Morgan fingerprint density at radius 1 is 1.29 bits per heavy atom. The van der Waals surface area contributed by atoms with Crippen LogP contribution in [0.1, 0.15) is 29.7 Å². The SMILES string of the molecule is CNC(C)c1ccc(OCc2cccc(F)c2Cl)c(C)c1. The van der Waals surface area contributed by atoms with E-state index in [4.69, 9.17) is 16.3 Å². The predicted molar refractivity (Wildman–Crippen MR) is 84.4 cm³/mol. The fourth-order valence-corrected chi connectivity index (χ4v) is 2.27. The first kappa shape index (κ1) is 15.8. The molecular formula is C17H19ClFNO. The number of aryl methyl sites for hydroxylation is 1. The summed E-state index contributed by atoms with van der Waals surface area (Å²) in [5.74, 6) is 0.357. The van der Waals surface area contributed by atoms with Gasteiger partial charge in [-0.2, -0.15) is 0 Å². The minimum Gasteiger partial charge on any atom is -0.489 e. The lowest BCUT2D eigenvalue weighted by Crippen LogP contribution is -2.12. The molecule has 0 aromatic heterocycles. The van der Waals surface area contributed by atoms with Gasteiger partial charge in [0, 0.05) is 11.6 Å². The van der Waals surface area contributed by atoms with E-state index in [0.717, 1.165) is 11.3 Å². The maximum atomic E-state index is 13.4. The standard InChI is InChI=1S/C17H19ClFNO/c1-11-9-13(12(2)20-3)7-8-16(11)21-10-14-5-4-6-15(19)17(14)18/h4-9,12,20H,10H2,1-3H3. The second kappa shape index (κ2) is 6.92. The van der Waals surface area contributed by atoms with Gasteiger partial charge < -0.3 is 10.1 Å². The van der Waals surface area contributed by atoms with Crippen LogP contribution in [0, 0.1) is 12.7 Å². The highest BCUT2D eigenvalue weighted by Gasteiger charge is 2.09. The molecule has 21 heavy (non-hydrogen) atoms. The predicted octanol–water partition coefficient (Wildman–Crippen LogP) is 4.65. The van der Waals surface area contributed by atoms with Crippen LogP contribution in [-0.4, -0.2) is 7.05 Å². The summed E-state index contributed by atoms with van der Waals surface area (Å²) in [6.07, 6.45) is 0. The molecule has 0 aliphatic heterocycles. The first-order chi connectivity index (χ1) is 10.0. The van der Waals surface area contributed by atoms with Crippen molar-refractivity contribution in [3.05, 3.63) is 63.9 Å². The second-order valence-electron chi connectivity index (χ2n) is 5.04. The van der Waals surface area contributed by atoms with Crippen molar-refractivity contribution in [3.8, 4) is 5.75 Å².